The molecule has 3 N–H and O–H groups in total. The van der Waals surface area contributed by atoms with Crippen LogP contribution in [0, 0.1) is 0 Å². The summed E-state index contributed by atoms with van der Waals surface area (Å²) in [5.74, 6) is 6.54. The molecule has 1 fully saturated rings. The Kier molecular flexibility index (Phi) is 3.27. The van der Waals surface area contributed by atoms with E-state index in [4.69, 9.17) is 10.6 Å². The van der Waals surface area contributed by atoms with Gasteiger partial charge in [-0.1, -0.05) is 12.1 Å². The van der Waals surface area contributed by atoms with Crippen molar-refractivity contribution in [2.75, 3.05) is 0 Å². The van der Waals surface area contributed by atoms with Crippen LogP contribution in [0.25, 0.3) is 0 Å². The smallest absolute Gasteiger partial charge is 0.120 e. The van der Waals surface area contributed by atoms with Gasteiger partial charge in [-0.2, -0.15) is 0 Å². The number of nitrogens with one attached hydrogen (secondary N) is 1. The van der Waals surface area contributed by atoms with E-state index in [0.29, 0.717) is 6.10 Å². The van der Waals surface area contributed by atoms with Crippen LogP contribution in [-0.2, 0) is 0 Å². The molecule has 3 rings (SSSR count). The molecule has 1 heterocycles. The number of hydrogen-bond acceptors (Lipinski definition) is 5. The minimum absolute atomic E-state index is 0.0843. The van der Waals surface area contributed by atoms with Gasteiger partial charge in [-0.15, -0.1) is 11.3 Å². The van der Waals surface area contributed by atoms with Crippen molar-refractivity contribution in [3.8, 4) is 5.75 Å². The number of thiazole rings is 1. The zero-order valence-corrected chi connectivity index (χ0v) is 10.7. The van der Waals surface area contributed by atoms with Gasteiger partial charge in [-0.3, -0.25) is 5.84 Å². The number of benzene rings is 1. The van der Waals surface area contributed by atoms with Crippen molar-refractivity contribution in [1.29, 1.82) is 0 Å². The van der Waals surface area contributed by atoms with Crippen molar-refractivity contribution in [3.05, 3.63) is 46.4 Å². The molecule has 1 aromatic heterocycles. The summed E-state index contributed by atoms with van der Waals surface area (Å²) in [6, 6.07) is 7.95. The van der Waals surface area contributed by atoms with Crippen LogP contribution < -0.4 is 16.0 Å². The number of rotatable bonds is 5. The van der Waals surface area contributed by atoms with Gasteiger partial charge in [0.2, 0.25) is 0 Å². The van der Waals surface area contributed by atoms with Crippen LogP contribution in [0.3, 0.4) is 0 Å². The van der Waals surface area contributed by atoms with Gasteiger partial charge in [0.05, 0.1) is 23.4 Å². The highest BCUT2D eigenvalue weighted by Crippen LogP contribution is 2.29. The number of nitrogens with two attached hydrogens (primary N) is 1. The predicted molar refractivity (Wildman–Crippen MR) is 71.4 cm³/mol. The maximum absolute atomic E-state index is 5.79. The van der Waals surface area contributed by atoms with E-state index in [0.717, 1.165) is 29.8 Å². The lowest BCUT2D eigenvalue weighted by molar-refractivity contribution is 0.302. The average molecular weight is 261 g/mol. The normalized spacial score (nSPS) is 16.5. The molecule has 0 spiro atoms. The Bertz CT molecular complexity index is 511. The Hall–Kier alpha value is -1.43. The quantitative estimate of drug-likeness (QED) is 0.640. The fourth-order valence-corrected chi connectivity index (χ4v) is 2.44. The Morgan fingerprint density at radius 1 is 1.44 bits per heavy atom. The van der Waals surface area contributed by atoms with Gasteiger partial charge in [0.15, 0.2) is 0 Å². The van der Waals surface area contributed by atoms with Gasteiger partial charge in [0.25, 0.3) is 0 Å². The highest BCUT2D eigenvalue weighted by atomic mass is 32.1. The molecule has 0 amide bonds. The summed E-state index contributed by atoms with van der Waals surface area (Å²) < 4.78 is 5.79. The summed E-state index contributed by atoms with van der Waals surface area (Å²) in [7, 11) is 0. The lowest BCUT2D eigenvalue weighted by Gasteiger charge is -2.15. The van der Waals surface area contributed by atoms with Crippen LogP contribution in [0.5, 0.6) is 5.75 Å². The Morgan fingerprint density at radius 3 is 3.00 bits per heavy atom. The molecule has 18 heavy (non-hydrogen) atoms. The Balaban J connectivity index is 1.84. The van der Waals surface area contributed by atoms with Crippen molar-refractivity contribution in [1.82, 2.24) is 10.4 Å². The minimum atomic E-state index is -0.0843. The van der Waals surface area contributed by atoms with Crippen LogP contribution in [0.1, 0.15) is 30.1 Å². The summed E-state index contributed by atoms with van der Waals surface area (Å²) in [5, 5.41) is 2.00. The van der Waals surface area contributed by atoms with Crippen LogP contribution in [0.15, 0.2) is 35.2 Å². The number of nitrogens with zero attached hydrogens (tertiary/aromatic N) is 1. The van der Waals surface area contributed by atoms with Gasteiger partial charge >= 0.3 is 0 Å². The molecule has 0 bridgehead atoms. The zero-order chi connectivity index (χ0) is 12.4. The van der Waals surface area contributed by atoms with E-state index in [1.54, 1.807) is 11.3 Å². The van der Waals surface area contributed by atoms with E-state index in [2.05, 4.69) is 10.4 Å². The summed E-state index contributed by atoms with van der Waals surface area (Å²) in [5.41, 5.74) is 6.62. The van der Waals surface area contributed by atoms with E-state index in [9.17, 15) is 0 Å². The zero-order valence-electron chi connectivity index (χ0n) is 9.87. The van der Waals surface area contributed by atoms with Gasteiger partial charge in [-0.05, 0) is 30.5 Å². The minimum Gasteiger partial charge on any atom is -0.490 e. The Labute approximate surface area is 110 Å². The molecule has 94 valence electrons. The van der Waals surface area contributed by atoms with E-state index in [1.165, 1.54) is 0 Å². The third-order valence-electron chi connectivity index (χ3n) is 2.93. The second kappa shape index (κ2) is 5.06. The molecule has 1 atom stereocenters. The van der Waals surface area contributed by atoms with Crippen molar-refractivity contribution < 1.29 is 4.74 Å². The van der Waals surface area contributed by atoms with E-state index >= 15 is 0 Å². The lowest BCUT2D eigenvalue weighted by Crippen LogP contribution is -2.29. The second-order valence-corrected chi connectivity index (χ2v) is 5.12. The van der Waals surface area contributed by atoms with Gasteiger partial charge in [0.1, 0.15) is 5.75 Å². The third kappa shape index (κ3) is 2.53. The topological polar surface area (TPSA) is 60.2 Å². The van der Waals surface area contributed by atoms with Crippen LogP contribution in [-0.4, -0.2) is 11.1 Å². The van der Waals surface area contributed by atoms with Gasteiger partial charge in [0, 0.05) is 5.38 Å². The highest BCUT2D eigenvalue weighted by Gasteiger charge is 2.24. The summed E-state index contributed by atoms with van der Waals surface area (Å²) >= 11 is 1.56. The molecular formula is C13H15N3OS. The second-order valence-electron chi connectivity index (χ2n) is 4.40. The van der Waals surface area contributed by atoms with Crippen LogP contribution in [0.4, 0.5) is 0 Å². The van der Waals surface area contributed by atoms with E-state index in [1.807, 2.05) is 35.2 Å². The monoisotopic (exact) mass is 261 g/mol. The van der Waals surface area contributed by atoms with Crippen molar-refractivity contribution >= 4 is 11.3 Å². The molecule has 1 aliphatic carbocycles. The first kappa shape index (κ1) is 11.6. The first-order chi connectivity index (χ1) is 8.86. The Morgan fingerprint density at radius 2 is 2.33 bits per heavy atom. The maximum Gasteiger partial charge on any atom is 0.120 e. The molecule has 0 saturated heterocycles. The van der Waals surface area contributed by atoms with Gasteiger partial charge in [-0.25, -0.2) is 10.4 Å². The van der Waals surface area contributed by atoms with Crippen molar-refractivity contribution in [2.24, 2.45) is 5.84 Å². The SMILES string of the molecule is NNC(c1cccc(OC2CC2)c1)c1cscn1. The lowest BCUT2D eigenvalue weighted by atomic mass is 10.1. The average Bonchev–Trinajstić information content (AvgIpc) is 3.04. The van der Waals surface area contributed by atoms with Crippen molar-refractivity contribution in [2.45, 2.75) is 25.0 Å². The fourth-order valence-electron chi connectivity index (χ4n) is 1.86. The molecule has 2 aromatic rings. The standard InChI is InChI=1S/C13H15N3OS/c14-16-13(12-7-18-8-15-12)9-2-1-3-11(6-9)17-10-4-5-10/h1-3,6-8,10,13,16H,4-5,14H2. The maximum atomic E-state index is 5.79. The summed E-state index contributed by atoms with van der Waals surface area (Å²) in [6.45, 7) is 0. The molecule has 0 radical (unpaired) electrons. The van der Waals surface area contributed by atoms with E-state index in [-0.39, 0.29) is 6.04 Å². The van der Waals surface area contributed by atoms with Crippen LogP contribution in [0.2, 0.25) is 0 Å². The predicted octanol–water partition coefficient (Wildman–Crippen LogP) is 2.24. The molecule has 4 nitrogen and oxygen atoms in total. The summed E-state index contributed by atoms with van der Waals surface area (Å²) in [6.07, 6.45) is 2.73. The first-order valence-electron chi connectivity index (χ1n) is 5.97. The highest BCUT2D eigenvalue weighted by molar-refractivity contribution is 7.07. The van der Waals surface area contributed by atoms with Crippen molar-refractivity contribution in [3.63, 3.8) is 0 Å². The largest absolute Gasteiger partial charge is 0.490 e. The number of aromatic nitrogens is 1. The number of ether oxygens (including phenoxy) is 1. The summed E-state index contributed by atoms with van der Waals surface area (Å²) in [4.78, 5) is 4.30. The molecule has 1 aliphatic rings. The first-order valence-corrected chi connectivity index (χ1v) is 6.92. The molecule has 0 aliphatic heterocycles. The third-order valence-corrected chi connectivity index (χ3v) is 3.54. The van der Waals surface area contributed by atoms with Gasteiger partial charge < -0.3 is 4.74 Å². The fraction of sp³-hybridized carbons (Fsp3) is 0.308. The molecule has 1 unspecified atom stereocenters. The van der Waals surface area contributed by atoms with Crippen LogP contribution >= 0.6 is 11.3 Å². The molecule has 1 saturated carbocycles. The van der Waals surface area contributed by atoms with E-state index < -0.39 is 0 Å². The number of hydrogen-bond donors (Lipinski definition) is 2. The number of hydrazine groups is 1. The molecule has 1 aromatic carbocycles. The molecule has 5 heteroatoms. The molecular weight excluding hydrogens is 246 g/mol.